The highest BCUT2D eigenvalue weighted by molar-refractivity contribution is 7.92. The van der Waals surface area contributed by atoms with E-state index in [4.69, 9.17) is 0 Å². The molecule has 2 aliphatic rings. The van der Waals surface area contributed by atoms with E-state index in [0.29, 0.717) is 31.9 Å². The second-order valence-electron chi connectivity index (χ2n) is 7.74. The van der Waals surface area contributed by atoms with E-state index in [2.05, 4.69) is 0 Å². The molecule has 3 rings (SSSR count). The minimum absolute atomic E-state index is 0.143. The lowest BCUT2D eigenvalue weighted by Gasteiger charge is -2.37. The summed E-state index contributed by atoms with van der Waals surface area (Å²) in [6.07, 6.45) is 5.30. The van der Waals surface area contributed by atoms with Crippen molar-refractivity contribution in [1.82, 2.24) is 9.80 Å². The van der Waals surface area contributed by atoms with Crippen LogP contribution in [0.5, 0.6) is 0 Å². The van der Waals surface area contributed by atoms with Crippen LogP contribution in [-0.2, 0) is 19.6 Å². The standard InChI is InChI=1S/C20H29N3O4S/c1-16-7-3-6-10-18(16)23(28(2,26)27)15-19(24)21-11-13-22(14-12-21)20(25)17-8-4-5-9-17/h3,6-7,10,17H,4-5,8-9,11-15H2,1-2H3. The van der Waals surface area contributed by atoms with Crippen molar-refractivity contribution in [3.05, 3.63) is 29.8 Å². The monoisotopic (exact) mass is 407 g/mol. The molecule has 7 nitrogen and oxygen atoms in total. The molecule has 0 atom stereocenters. The molecular weight excluding hydrogens is 378 g/mol. The van der Waals surface area contributed by atoms with E-state index in [1.807, 2.05) is 24.0 Å². The van der Waals surface area contributed by atoms with Crippen molar-refractivity contribution < 1.29 is 18.0 Å². The number of rotatable bonds is 5. The van der Waals surface area contributed by atoms with Crippen LogP contribution in [0.4, 0.5) is 5.69 Å². The lowest BCUT2D eigenvalue weighted by molar-refractivity contribution is -0.141. The number of piperazine rings is 1. The molecule has 0 radical (unpaired) electrons. The van der Waals surface area contributed by atoms with Crippen LogP contribution >= 0.6 is 0 Å². The largest absolute Gasteiger partial charge is 0.339 e. The summed E-state index contributed by atoms with van der Waals surface area (Å²) in [5.41, 5.74) is 1.32. The molecule has 1 aromatic carbocycles. The first kappa shape index (κ1) is 20.6. The fraction of sp³-hybridized carbons (Fsp3) is 0.600. The van der Waals surface area contributed by atoms with Crippen molar-refractivity contribution in [2.24, 2.45) is 5.92 Å². The highest BCUT2D eigenvalue weighted by atomic mass is 32.2. The molecule has 1 saturated carbocycles. The number of carbonyl (C=O) groups is 2. The van der Waals surface area contributed by atoms with Gasteiger partial charge in [0.1, 0.15) is 6.54 Å². The first-order chi connectivity index (χ1) is 13.3. The van der Waals surface area contributed by atoms with Gasteiger partial charge in [-0.2, -0.15) is 0 Å². The molecule has 8 heteroatoms. The Kier molecular flexibility index (Phi) is 6.27. The molecule has 1 heterocycles. The Morgan fingerprint density at radius 1 is 1.04 bits per heavy atom. The number of para-hydroxylation sites is 1. The average Bonchev–Trinajstić information content (AvgIpc) is 3.20. The lowest BCUT2D eigenvalue weighted by Crippen LogP contribution is -2.54. The molecule has 28 heavy (non-hydrogen) atoms. The van der Waals surface area contributed by atoms with Crippen LogP contribution in [-0.4, -0.2) is 69.0 Å². The number of hydrogen-bond acceptors (Lipinski definition) is 4. The summed E-state index contributed by atoms with van der Waals surface area (Å²) in [6, 6.07) is 7.13. The second-order valence-corrected chi connectivity index (χ2v) is 9.65. The highest BCUT2D eigenvalue weighted by Gasteiger charge is 2.31. The Morgan fingerprint density at radius 2 is 1.61 bits per heavy atom. The van der Waals surface area contributed by atoms with Crippen LogP contribution in [0.2, 0.25) is 0 Å². The van der Waals surface area contributed by atoms with Gasteiger partial charge in [0, 0.05) is 32.1 Å². The summed E-state index contributed by atoms with van der Waals surface area (Å²) >= 11 is 0. The van der Waals surface area contributed by atoms with Gasteiger partial charge in [-0.1, -0.05) is 31.0 Å². The Hall–Kier alpha value is -2.09. The maximum atomic E-state index is 12.8. The predicted octanol–water partition coefficient (Wildman–Crippen LogP) is 1.62. The molecule has 0 N–H and O–H groups in total. The molecule has 1 aliphatic carbocycles. The number of carbonyl (C=O) groups excluding carboxylic acids is 2. The summed E-state index contributed by atoms with van der Waals surface area (Å²) in [5, 5.41) is 0. The third-order valence-electron chi connectivity index (χ3n) is 5.71. The molecule has 0 spiro atoms. The summed E-state index contributed by atoms with van der Waals surface area (Å²) < 4.78 is 25.8. The first-order valence-electron chi connectivity index (χ1n) is 9.87. The summed E-state index contributed by atoms with van der Waals surface area (Å²) in [4.78, 5) is 28.9. The molecular formula is C20H29N3O4S. The van der Waals surface area contributed by atoms with E-state index >= 15 is 0 Å². The Labute approximate surface area is 167 Å². The number of amides is 2. The normalized spacial score (nSPS) is 18.4. The molecule has 0 bridgehead atoms. The molecule has 1 saturated heterocycles. The first-order valence-corrected chi connectivity index (χ1v) is 11.7. The van der Waals surface area contributed by atoms with Crippen molar-refractivity contribution in [3.63, 3.8) is 0 Å². The Balaban J connectivity index is 1.62. The van der Waals surface area contributed by atoms with E-state index in [1.54, 1.807) is 17.0 Å². The van der Waals surface area contributed by atoms with Gasteiger partial charge in [-0.3, -0.25) is 13.9 Å². The van der Waals surface area contributed by atoms with Gasteiger partial charge in [0.05, 0.1) is 11.9 Å². The van der Waals surface area contributed by atoms with Crippen LogP contribution in [0.3, 0.4) is 0 Å². The maximum absolute atomic E-state index is 12.8. The van der Waals surface area contributed by atoms with Crippen molar-refractivity contribution in [3.8, 4) is 0 Å². The van der Waals surface area contributed by atoms with Crippen molar-refractivity contribution in [1.29, 1.82) is 0 Å². The minimum atomic E-state index is -3.59. The quantitative estimate of drug-likeness (QED) is 0.743. The van der Waals surface area contributed by atoms with E-state index in [1.165, 1.54) is 4.31 Å². The smallest absolute Gasteiger partial charge is 0.243 e. The van der Waals surface area contributed by atoms with Crippen LogP contribution in [0.15, 0.2) is 24.3 Å². The van der Waals surface area contributed by atoms with Gasteiger partial charge in [-0.25, -0.2) is 8.42 Å². The fourth-order valence-electron chi connectivity index (χ4n) is 4.05. The van der Waals surface area contributed by atoms with Crippen molar-refractivity contribution in [2.75, 3.05) is 43.3 Å². The lowest BCUT2D eigenvalue weighted by atomic mass is 10.1. The third-order valence-corrected chi connectivity index (χ3v) is 6.84. The fourth-order valence-corrected chi connectivity index (χ4v) is 4.96. The maximum Gasteiger partial charge on any atom is 0.243 e. The number of nitrogens with zero attached hydrogens (tertiary/aromatic N) is 3. The second kappa shape index (κ2) is 8.51. The zero-order valence-corrected chi connectivity index (χ0v) is 17.5. The van der Waals surface area contributed by atoms with Crippen molar-refractivity contribution in [2.45, 2.75) is 32.6 Å². The van der Waals surface area contributed by atoms with Crippen LogP contribution in [0, 0.1) is 12.8 Å². The third kappa shape index (κ3) is 4.66. The van der Waals surface area contributed by atoms with Crippen LogP contribution in [0.1, 0.15) is 31.2 Å². The Morgan fingerprint density at radius 3 is 2.18 bits per heavy atom. The summed E-state index contributed by atoms with van der Waals surface area (Å²) in [6.45, 7) is 3.53. The summed E-state index contributed by atoms with van der Waals surface area (Å²) in [5.74, 6) is 0.118. The van der Waals surface area contributed by atoms with Gasteiger partial charge in [0.25, 0.3) is 0 Å². The molecule has 2 fully saturated rings. The van der Waals surface area contributed by atoms with E-state index in [0.717, 1.165) is 37.5 Å². The summed E-state index contributed by atoms with van der Waals surface area (Å²) in [7, 11) is -3.59. The van der Waals surface area contributed by atoms with E-state index in [9.17, 15) is 18.0 Å². The van der Waals surface area contributed by atoms with Gasteiger partial charge in [0.15, 0.2) is 0 Å². The van der Waals surface area contributed by atoms with Crippen molar-refractivity contribution >= 4 is 27.5 Å². The molecule has 2 amide bonds. The number of anilines is 1. The molecule has 0 aromatic heterocycles. The van der Waals surface area contributed by atoms with E-state index < -0.39 is 10.0 Å². The Bertz CT molecular complexity index is 826. The number of hydrogen-bond donors (Lipinski definition) is 0. The molecule has 1 aliphatic heterocycles. The van der Waals surface area contributed by atoms with Gasteiger partial charge in [-0.05, 0) is 31.4 Å². The SMILES string of the molecule is Cc1ccccc1N(CC(=O)N1CCN(C(=O)C2CCCC2)CC1)S(C)(=O)=O. The topological polar surface area (TPSA) is 78.0 Å². The van der Waals surface area contributed by atoms with E-state index in [-0.39, 0.29) is 24.3 Å². The number of aryl methyl sites for hydroxylation is 1. The van der Waals surface area contributed by atoms with Gasteiger partial charge >= 0.3 is 0 Å². The molecule has 154 valence electrons. The predicted molar refractivity (Wildman–Crippen MR) is 108 cm³/mol. The number of sulfonamides is 1. The molecule has 0 unspecified atom stereocenters. The van der Waals surface area contributed by atoms with Gasteiger partial charge < -0.3 is 9.80 Å². The minimum Gasteiger partial charge on any atom is -0.339 e. The zero-order chi connectivity index (χ0) is 20.3. The zero-order valence-electron chi connectivity index (χ0n) is 16.6. The van der Waals surface area contributed by atoms with Gasteiger partial charge in [0.2, 0.25) is 21.8 Å². The average molecular weight is 408 g/mol. The molecule has 1 aromatic rings. The highest BCUT2D eigenvalue weighted by Crippen LogP contribution is 2.27. The van der Waals surface area contributed by atoms with Crippen LogP contribution < -0.4 is 4.31 Å². The van der Waals surface area contributed by atoms with Gasteiger partial charge in [-0.15, -0.1) is 0 Å². The number of benzene rings is 1. The van der Waals surface area contributed by atoms with Crippen LogP contribution in [0.25, 0.3) is 0 Å².